The highest BCUT2D eigenvalue weighted by Crippen LogP contribution is 2.28. The van der Waals surface area contributed by atoms with Gasteiger partial charge in [0.05, 0.1) is 13.0 Å². The Labute approximate surface area is 174 Å². The third-order valence-corrected chi connectivity index (χ3v) is 6.89. The molecule has 29 heavy (non-hydrogen) atoms. The quantitative estimate of drug-likeness (QED) is 0.653. The zero-order valence-corrected chi connectivity index (χ0v) is 18.3. The van der Waals surface area contributed by atoms with Gasteiger partial charge in [0.2, 0.25) is 0 Å². The number of likely N-dealkylation sites (N-methyl/N-ethyl adjacent to an activating group) is 1. The maximum absolute atomic E-state index is 11.9. The number of carboxylic acids is 1. The molecule has 3 heterocycles. The topological polar surface area (TPSA) is 76.6 Å². The van der Waals surface area contributed by atoms with Gasteiger partial charge in [-0.3, -0.25) is 14.6 Å². The molecule has 0 bridgehead atoms. The van der Waals surface area contributed by atoms with Gasteiger partial charge in [-0.2, -0.15) is 0 Å². The fraction of sp³-hybridized carbons (Fsp3) is 0.905. The molecule has 2 atom stereocenters. The molecule has 3 aliphatic rings. The van der Waals surface area contributed by atoms with Crippen LogP contribution in [0.25, 0.3) is 0 Å². The average Bonchev–Trinajstić information content (AvgIpc) is 3.03. The van der Waals surface area contributed by atoms with E-state index in [1.807, 2.05) is 0 Å². The monoisotopic (exact) mass is 410 g/mol. The SMILES string of the molecule is CC(C)N1CCC(CCC2CN(CCC(=O)O)CCN2C2CN(C)C(=O)O2)CC1. The molecule has 8 heteroatoms. The maximum Gasteiger partial charge on any atom is 0.411 e. The highest BCUT2D eigenvalue weighted by Gasteiger charge is 2.39. The van der Waals surface area contributed by atoms with E-state index >= 15 is 0 Å². The second-order valence-electron chi connectivity index (χ2n) is 9.21. The predicted molar refractivity (Wildman–Crippen MR) is 111 cm³/mol. The molecule has 8 nitrogen and oxygen atoms in total. The third kappa shape index (κ3) is 6.06. The Morgan fingerprint density at radius 3 is 2.45 bits per heavy atom. The Bertz CT molecular complexity index is 565. The summed E-state index contributed by atoms with van der Waals surface area (Å²) in [4.78, 5) is 31.6. The molecular weight excluding hydrogens is 372 g/mol. The van der Waals surface area contributed by atoms with Crippen molar-refractivity contribution in [3.63, 3.8) is 0 Å². The normalized spacial score (nSPS) is 28.3. The van der Waals surface area contributed by atoms with E-state index in [1.165, 1.54) is 32.4 Å². The summed E-state index contributed by atoms with van der Waals surface area (Å²) in [6.07, 6.45) is 4.54. The lowest BCUT2D eigenvalue weighted by molar-refractivity contribution is -0.137. The number of piperidine rings is 1. The largest absolute Gasteiger partial charge is 0.481 e. The molecule has 3 aliphatic heterocycles. The Hall–Kier alpha value is -1.38. The van der Waals surface area contributed by atoms with Crippen LogP contribution in [-0.4, -0.2) is 108 Å². The van der Waals surface area contributed by atoms with Gasteiger partial charge in [0.25, 0.3) is 0 Å². The minimum Gasteiger partial charge on any atom is -0.481 e. The predicted octanol–water partition coefficient (Wildman–Crippen LogP) is 1.76. The van der Waals surface area contributed by atoms with Crippen LogP contribution in [0.1, 0.15) is 46.0 Å². The molecule has 1 amide bonds. The van der Waals surface area contributed by atoms with Crippen molar-refractivity contribution in [1.29, 1.82) is 0 Å². The molecule has 0 aliphatic carbocycles. The first-order chi connectivity index (χ1) is 13.8. The summed E-state index contributed by atoms with van der Waals surface area (Å²) in [5.74, 6) is 0.0160. The number of ether oxygens (including phenoxy) is 1. The van der Waals surface area contributed by atoms with Gasteiger partial charge in [-0.25, -0.2) is 4.79 Å². The molecule has 0 spiro atoms. The second kappa shape index (κ2) is 10.1. The smallest absolute Gasteiger partial charge is 0.411 e. The highest BCUT2D eigenvalue weighted by atomic mass is 16.6. The zero-order valence-electron chi connectivity index (χ0n) is 18.3. The minimum atomic E-state index is -0.743. The molecule has 3 fully saturated rings. The van der Waals surface area contributed by atoms with Gasteiger partial charge in [0.15, 0.2) is 6.23 Å². The Morgan fingerprint density at radius 2 is 1.86 bits per heavy atom. The molecule has 0 aromatic heterocycles. The summed E-state index contributed by atoms with van der Waals surface area (Å²) in [5, 5.41) is 9.02. The second-order valence-corrected chi connectivity index (χ2v) is 9.21. The zero-order chi connectivity index (χ0) is 21.0. The molecule has 0 radical (unpaired) electrons. The lowest BCUT2D eigenvalue weighted by Crippen LogP contribution is -2.57. The van der Waals surface area contributed by atoms with Gasteiger partial charge in [0.1, 0.15) is 0 Å². The molecule has 0 saturated carbocycles. The van der Waals surface area contributed by atoms with E-state index < -0.39 is 5.97 Å². The number of rotatable bonds is 8. The third-order valence-electron chi connectivity index (χ3n) is 6.89. The first kappa shape index (κ1) is 22.3. The lowest BCUT2D eigenvalue weighted by atomic mass is 9.89. The summed E-state index contributed by atoms with van der Waals surface area (Å²) in [6.45, 7) is 10.6. The number of hydrogen-bond donors (Lipinski definition) is 1. The van der Waals surface area contributed by atoms with Crippen molar-refractivity contribution in [2.45, 2.75) is 64.3 Å². The van der Waals surface area contributed by atoms with Crippen molar-refractivity contribution < 1.29 is 19.4 Å². The maximum atomic E-state index is 11.9. The van der Waals surface area contributed by atoms with Crippen LogP contribution in [-0.2, 0) is 9.53 Å². The molecule has 0 aromatic rings. The number of carboxylic acid groups (broad SMARTS) is 1. The molecular formula is C21H38N4O4. The van der Waals surface area contributed by atoms with Crippen molar-refractivity contribution in [3.8, 4) is 0 Å². The summed E-state index contributed by atoms with van der Waals surface area (Å²) in [6, 6.07) is 0.937. The fourth-order valence-electron chi connectivity index (χ4n) is 4.94. The first-order valence-corrected chi connectivity index (χ1v) is 11.2. The van der Waals surface area contributed by atoms with Gasteiger partial charge in [-0.05, 0) is 58.5 Å². The standard InChI is InChI=1S/C21H38N4O4/c1-16(2)24-10-6-17(7-11-24)4-5-18-14-23(9-8-20(26)27)12-13-25(18)19-15-22(3)21(28)29-19/h16-19H,4-15H2,1-3H3,(H,26,27). The van der Waals surface area contributed by atoms with Crippen LogP contribution in [0, 0.1) is 5.92 Å². The van der Waals surface area contributed by atoms with Crippen molar-refractivity contribution in [2.24, 2.45) is 5.92 Å². The molecule has 166 valence electrons. The number of amides is 1. The van der Waals surface area contributed by atoms with Gasteiger partial charge in [-0.1, -0.05) is 0 Å². The lowest BCUT2D eigenvalue weighted by Gasteiger charge is -2.44. The van der Waals surface area contributed by atoms with Crippen LogP contribution in [0.3, 0.4) is 0 Å². The Balaban J connectivity index is 1.55. The number of cyclic esters (lactones) is 1. The average molecular weight is 411 g/mol. The van der Waals surface area contributed by atoms with E-state index in [-0.39, 0.29) is 18.7 Å². The Kier molecular flexibility index (Phi) is 7.76. The number of carbonyl (C=O) groups excluding carboxylic acids is 1. The summed E-state index contributed by atoms with van der Waals surface area (Å²) >= 11 is 0. The number of aliphatic carboxylic acids is 1. The van der Waals surface area contributed by atoms with Crippen LogP contribution in [0.15, 0.2) is 0 Å². The Morgan fingerprint density at radius 1 is 1.14 bits per heavy atom. The number of hydrogen-bond acceptors (Lipinski definition) is 6. The van der Waals surface area contributed by atoms with E-state index in [9.17, 15) is 9.59 Å². The molecule has 3 saturated heterocycles. The summed E-state index contributed by atoms with van der Waals surface area (Å²) in [5.41, 5.74) is 0. The number of piperazine rings is 1. The van der Waals surface area contributed by atoms with Crippen LogP contribution >= 0.6 is 0 Å². The molecule has 2 unspecified atom stereocenters. The van der Waals surface area contributed by atoms with Crippen LogP contribution in [0.2, 0.25) is 0 Å². The fourth-order valence-corrected chi connectivity index (χ4v) is 4.94. The molecule has 3 rings (SSSR count). The van der Waals surface area contributed by atoms with Crippen molar-refractivity contribution in [2.75, 3.05) is 52.9 Å². The molecule has 1 N–H and O–H groups in total. The van der Waals surface area contributed by atoms with Gasteiger partial charge >= 0.3 is 12.1 Å². The summed E-state index contributed by atoms with van der Waals surface area (Å²) < 4.78 is 5.60. The number of nitrogens with zero attached hydrogens (tertiary/aromatic N) is 4. The van der Waals surface area contributed by atoms with E-state index in [1.54, 1.807) is 11.9 Å². The van der Waals surface area contributed by atoms with Crippen molar-refractivity contribution in [1.82, 2.24) is 19.6 Å². The molecule has 0 aromatic carbocycles. The van der Waals surface area contributed by atoms with E-state index in [2.05, 4.69) is 28.5 Å². The summed E-state index contributed by atoms with van der Waals surface area (Å²) in [7, 11) is 1.78. The van der Waals surface area contributed by atoms with Gasteiger partial charge < -0.3 is 19.6 Å². The van der Waals surface area contributed by atoms with E-state index in [0.29, 0.717) is 25.2 Å². The van der Waals surface area contributed by atoms with Gasteiger partial charge in [-0.15, -0.1) is 0 Å². The van der Waals surface area contributed by atoms with Gasteiger partial charge in [0, 0.05) is 45.3 Å². The van der Waals surface area contributed by atoms with Crippen molar-refractivity contribution in [3.05, 3.63) is 0 Å². The van der Waals surface area contributed by atoms with Crippen molar-refractivity contribution >= 4 is 12.1 Å². The van der Waals surface area contributed by atoms with E-state index in [0.717, 1.165) is 32.0 Å². The van der Waals surface area contributed by atoms with Crippen LogP contribution < -0.4 is 0 Å². The number of carbonyl (C=O) groups is 2. The highest BCUT2D eigenvalue weighted by molar-refractivity contribution is 5.69. The number of likely N-dealkylation sites (tertiary alicyclic amines) is 1. The first-order valence-electron chi connectivity index (χ1n) is 11.2. The minimum absolute atomic E-state index is 0.179. The van der Waals surface area contributed by atoms with Crippen LogP contribution in [0.5, 0.6) is 0 Å². The van der Waals surface area contributed by atoms with E-state index in [4.69, 9.17) is 9.84 Å². The van der Waals surface area contributed by atoms with Crippen LogP contribution in [0.4, 0.5) is 4.79 Å².